The molecule has 3 aromatic rings. The van der Waals surface area contributed by atoms with E-state index in [1.807, 2.05) is 18.2 Å². The van der Waals surface area contributed by atoms with Crippen molar-refractivity contribution in [3.8, 4) is 0 Å². The van der Waals surface area contributed by atoms with Crippen LogP contribution in [-0.4, -0.2) is 11.2 Å². The van der Waals surface area contributed by atoms with Crippen LogP contribution in [0.3, 0.4) is 0 Å². The van der Waals surface area contributed by atoms with Crippen LogP contribution in [0, 0.1) is 6.92 Å². The summed E-state index contributed by atoms with van der Waals surface area (Å²) >= 11 is 13.5. The molecule has 5 heteroatoms. The van der Waals surface area contributed by atoms with Gasteiger partial charge in [0, 0.05) is 16.8 Å². The molecule has 0 bridgehead atoms. The van der Waals surface area contributed by atoms with Gasteiger partial charge in [0.05, 0.1) is 15.2 Å². The Bertz CT molecular complexity index is 809. The zero-order chi connectivity index (χ0) is 14.1. The third kappa shape index (κ3) is 2.85. The smallest absolute Gasteiger partial charge is 0.210 e. The first-order valence-electron chi connectivity index (χ1n) is 5.98. The molecule has 100 valence electrons. The molecular formula is C15H10Cl2N2S. The van der Waals surface area contributed by atoms with Crippen LogP contribution >= 0.6 is 34.5 Å². The Balaban J connectivity index is 1.94. The molecule has 0 aliphatic heterocycles. The maximum absolute atomic E-state index is 6.10. The van der Waals surface area contributed by atoms with E-state index in [1.54, 1.807) is 29.7 Å². The highest BCUT2D eigenvalue weighted by Crippen LogP contribution is 2.29. The second-order valence-electron chi connectivity index (χ2n) is 4.39. The van der Waals surface area contributed by atoms with Gasteiger partial charge in [-0.05, 0) is 36.8 Å². The quantitative estimate of drug-likeness (QED) is 0.559. The molecule has 0 fully saturated rings. The standard InChI is InChI=1S/C15H10Cl2N2S/c1-9-2-5-13-14(6-9)20-15(19-13)18-8-10-3-4-11(16)7-12(10)17/h2-8H,1H3/b18-8+. The van der Waals surface area contributed by atoms with Crippen molar-refractivity contribution in [3.63, 3.8) is 0 Å². The zero-order valence-corrected chi connectivity index (χ0v) is 12.9. The van der Waals surface area contributed by atoms with Gasteiger partial charge in [0.2, 0.25) is 5.13 Å². The minimum Gasteiger partial charge on any atom is -0.227 e. The summed E-state index contributed by atoms with van der Waals surface area (Å²) in [5.41, 5.74) is 3.01. The fraction of sp³-hybridized carbons (Fsp3) is 0.0667. The molecule has 2 nitrogen and oxygen atoms in total. The second-order valence-corrected chi connectivity index (χ2v) is 6.24. The Morgan fingerprint density at radius 3 is 2.80 bits per heavy atom. The van der Waals surface area contributed by atoms with Crippen molar-refractivity contribution in [1.82, 2.24) is 4.98 Å². The number of aliphatic imine (C=N–C) groups is 1. The lowest BCUT2D eigenvalue weighted by Gasteiger charge is -1.96. The van der Waals surface area contributed by atoms with Crippen molar-refractivity contribution < 1.29 is 0 Å². The lowest BCUT2D eigenvalue weighted by Crippen LogP contribution is -1.82. The van der Waals surface area contributed by atoms with Crippen LogP contribution in [0.5, 0.6) is 0 Å². The SMILES string of the molecule is Cc1ccc2nc(/N=C/c3ccc(Cl)cc3Cl)sc2c1. The molecule has 0 unspecified atom stereocenters. The van der Waals surface area contributed by atoms with E-state index in [9.17, 15) is 0 Å². The Labute approximate surface area is 130 Å². The molecule has 1 aromatic heterocycles. The van der Waals surface area contributed by atoms with Crippen LogP contribution in [0.4, 0.5) is 5.13 Å². The highest BCUT2D eigenvalue weighted by Gasteiger charge is 2.03. The Morgan fingerprint density at radius 2 is 2.00 bits per heavy atom. The van der Waals surface area contributed by atoms with Gasteiger partial charge in [0.15, 0.2) is 0 Å². The van der Waals surface area contributed by atoms with E-state index in [0.717, 1.165) is 20.9 Å². The van der Waals surface area contributed by atoms with Gasteiger partial charge in [-0.15, -0.1) is 0 Å². The number of hydrogen-bond donors (Lipinski definition) is 0. The van der Waals surface area contributed by atoms with Crippen molar-refractivity contribution in [2.24, 2.45) is 4.99 Å². The minimum atomic E-state index is 0.582. The molecule has 0 atom stereocenters. The topological polar surface area (TPSA) is 25.2 Å². The average molecular weight is 321 g/mol. The number of aryl methyl sites for hydroxylation is 1. The van der Waals surface area contributed by atoms with Gasteiger partial charge in [-0.3, -0.25) is 0 Å². The molecule has 0 spiro atoms. The van der Waals surface area contributed by atoms with Gasteiger partial charge in [0.1, 0.15) is 0 Å². The van der Waals surface area contributed by atoms with Crippen LogP contribution in [0.1, 0.15) is 11.1 Å². The lowest BCUT2D eigenvalue weighted by atomic mass is 10.2. The maximum atomic E-state index is 6.10. The normalized spacial score (nSPS) is 11.6. The van der Waals surface area contributed by atoms with Crippen LogP contribution in [0.25, 0.3) is 10.2 Å². The predicted molar refractivity (Wildman–Crippen MR) is 88.1 cm³/mol. The molecule has 0 saturated heterocycles. The van der Waals surface area contributed by atoms with Crippen LogP contribution < -0.4 is 0 Å². The lowest BCUT2D eigenvalue weighted by molar-refractivity contribution is 1.40. The van der Waals surface area contributed by atoms with Gasteiger partial charge >= 0.3 is 0 Å². The number of halogens is 2. The number of thiazole rings is 1. The van der Waals surface area contributed by atoms with Crippen molar-refractivity contribution in [3.05, 3.63) is 57.6 Å². The van der Waals surface area contributed by atoms with Crippen molar-refractivity contribution in [1.29, 1.82) is 0 Å². The van der Waals surface area contributed by atoms with Crippen LogP contribution in [0.15, 0.2) is 41.4 Å². The van der Waals surface area contributed by atoms with E-state index >= 15 is 0 Å². The Morgan fingerprint density at radius 1 is 1.15 bits per heavy atom. The van der Waals surface area contributed by atoms with Crippen molar-refractivity contribution in [2.75, 3.05) is 0 Å². The van der Waals surface area contributed by atoms with Crippen molar-refractivity contribution >= 4 is 56.1 Å². The van der Waals surface area contributed by atoms with Crippen molar-refractivity contribution in [2.45, 2.75) is 6.92 Å². The molecule has 2 aromatic carbocycles. The molecule has 0 N–H and O–H groups in total. The van der Waals surface area contributed by atoms with Gasteiger partial charge in [-0.1, -0.05) is 46.7 Å². The molecule has 0 amide bonds. The van der Waals surface area contributed by atoms with E-state index < -0.39 is 0 Å². The molecule has 20 heavy (non-hydrogen) atoms. The first kappa shape index (κ1) is 13.6. The fourth-order valence-electron chi connectivity index (χ4n) is 1.81. The Hall–Kier alpha value is -1.42. The summed E-state index contributed by atoms with van der Waals surface area (Å²) in [7, 11) is 0. The summed E-state index contributed by atoms with van der Waals surface area (Å²) in [4.78, 5) is 8.86. The monoisotopic (exact) mass is 320 g/mol. The molecule has 0 aliphatic carbocycles. The molecule has 0 aliphatic rings. The van der Waals surface area contributed by atoms with Gasteiger partial charge in [0.25, 0.3) is 0 Å². The molecule has 3 rings (SSSR count). The van der Waals surface area contributed by atoms with Gasteiger partial charge in [-0.25, -0.2) is 9.98 Å². The highest BCUT2D eigenvalue weighted by atomic mass is 35.5. The number of rotatable bonds is 2. The average Bonchev–Trinajstić information content (AvgIpc) is 2.79. The summed E-state index contributed by atoms with van der Waals surface area (Å²) in [6.45, 7) is 2.07. The van der Waals surface area contributed by atoms with E-state index in [4.69, 9.17) is 23.2 Å². The maximum Gasteiger partial charge on any atom is 0.210 e. The summed E-state index contributed by atoms with van der Waals surface area (Å²) in [6.07, 6.45) is 1.71. The summed E-state index contributed by atoms with van der Waals surface area (Å²) in [5.74, 6) is 0. The van der Waals surface area contributed by atoms with Crippen LogP contribution in [0.2, 0.25) is 10.0 Å². The minimum absolute atomic E-state index is 0.582. The zero-order valence-electron chi connectivity index (χ0n) is 10.6. The van der Waals surface area contributed by atoms with E-state index in [-0.39, 0.29) is 0 Å². The van der Waals surface area contributed by atoms with E-state index in [1.165, 1.54) is 5.56 Å². The molecule has 0 saturated carbocycles. The molecular weight excluding hydrogens is 311 g/mol. The molecule has 1 heterocycles. The number of benzene rings is 2. The predicted octanol–water partition coefficient (Wildman–Crippen LogP) is 5.66. The summed E-state index contributed by atoms with van der Waals surface area (Å²) < 4.78 is 1.14. The third-order valence-electron chi connectivity index (χ3n) is 2.81. The highest BCUT2D eigenvalue weighted by molar-refractivity contribution is 7.22. The number of hydrogen-bond acceptors (Lipinski definition) is 3. The summed E-state index contributed by atoms with van der Waals surface area (Å²) in [6, 6.07) is 11.5. The largest absolute Gasteiger partial charge is 0.227 e. The fourth-order valence-corrected chi connectivity index (χ4v) is 3.17. The number of aromatic nitrogens is 1. The number of fused-ring (bicyclic) bond motifs is 1. The number of nitrogens with zero attached hydrogens (tertiary/aromatic N) is 2. The summed E-state index contributed by atoms with van der Waals surface area (Å²) in [5, 5.41) is 1.91. The Kier molecular flexibility index (Phi) is 3.74. The first-order valence-corrected chi connectivity index (χ1v) is 7.55. The first-order chi connectivity index (χ1) is 9.61. The molecule has 0 radical (unpaired) electrons. The van der Waals surface area contributed by atoms with E-state index in [2.05, 4.69) is 23.0 Å². The van der Waals surface area contributed by atoms with Gasteiger partial charge < -0.3 is 0 Å². The van der Waals surface area contributed by atoms with Crippen LogP contribution in [-0.2, 0) is 0 Å². The van der Waals surface area contributed by atoms with Gasteiger partial charge in [-0.2, -0.15) is 0 Å². The van der Waals surface area contributed by atoms with E-state index in [0.29, 0.717) is 10.0 Å². The third-order valence-corrected chi connectivity index (χ3v) is 4.30. The second kappa shape index (κ2) is 5.52.